The molecule has 1 aliphatic carbocycles. The number of hydrogen-bond acceptors (Lipinski definition) is 6. The molecule has 1 atom stereocenters. The molecule has 9 heteroatoms. The minimum absolute atomic E-state index is 0.169. The van der Waals surface area contributed by atoms with Gasteiger partial charge in [-0.2, -0.15) is 10.4 Å². The molecule has 1 N–H and O–H groups in total. The first kappa shape index (κ1) is 15.2. The highest BCUT2D eigenvalue weighted by Gasteiger charge is 2.25. The van der Waals surface area contributed by atoms with Gasteiger partial charge in [0.15, 0.2) is 0 Å². The van der Waals surface area contributed by atoms with Gasteiger partial charge in [0, 0.05) is 4.88 Å². The predicted molar refractivity (Wildman–Crippen MR) is 83.3 cm³/mol. The number of thiophene rings is 1. The Hall–Kier alpha value is -2.73. The number of carbonyl (C=O) groups is 1. The van der Waals surface area contributed by atoms with Crippen LogP contribution in [0.25, 0.3) is 0 Å². The number of carbonyl (C=O) groups excluding carboxylic acids is 1. The van der Waals surface area contributed by atoms with E-state index in [4.69, 9.17) is 0 Å². The third-order valence-corrected chi connectivity index (χ3v) is 5.05. The van der Waals surface area contributed by atoms with Crippen LogP contribution >= 0.6 is 11.3 Å². The Morgan fingerprint density at radius 3 is 3.04 bits per heavy atom. The number of nitro groups is 1. The highest BCUT2D eigenvalue weighted by atomic mass is 32.1. The summed E-state index contributed by atoms with van der Waals surface area (Å²) >= 11 is 1.43. The van der Waals surface area contributed by atoms with Gasteiger partial charge in [-0.3, -0.25) is 19.6 Å². The van der Waals surface area contributed by atoms with Gasteiger partial charge in [0.2, 0.25) is 5.91 Å². The first-order valence-electron chi connectivity index (χ1n) is 7.05. The van der Waals surface area contributed by atoms with Crippen molar-refractivity contribution < 1.29 is 9.72 Å². The predicted octanol–water partition coefficient (Wildman–Crippen LogP) is 2.41. The number of aromatic nitrogens is 2. The minimum atomic E-state index is -0.716. The van der Waals surface area contributed by atoms with Crippen LogP contribution in [0.5, 0.6) is 0 Å². The van der Waals surface area contributed by atoms with Crippen molar-refractivity contribution in [1.29, 1.82) is 5.26 Å². The van der Waals surface area contributed by atoms with Gasteiger partial charge in [-0.1, -0.05) is 0 Å². The number of nitriles is 1. The van der Waals surface area contributed by atoms with Crippen molar-refractivity contribution in [3.05, 3.63) is 38.5 Å². The molecule has 1 amide bonds. The number of aryl methyl sites for hydroxylation is 1. The first-order chi connectivity index (χ1) is 11.0. The van der Waals surface area contributed by atoms with Crippen LogP contribution < -0.4 is 5.32 Å². The average Bonchev–Trinajstić information content (AvgIpc) is 3.21. The lowest BCUT2D eigenvalue weighted by Gasteiger charge is -2.11. The smallest absolute Gasteiger partial charge is 0.307 e. The number of nitrogens with zero attached hydrogens (tertiary/aromatic N) is 4. The number of anilines is 1. The molecule has 2 heterocycles. The standard InChI is InChI=1S/C14H13N5O3S/c1-8(18-7-9(6-16-18)19(21)22)13(20)17-14-11(5-15)10-3-2-4-12(10)23-14/h6-8H,2-4H2,1H3,(H,17,20)/t8-/m0/s1. The number of nitrogens with one attached hydrogen (secondary N) is 1. The molecule has 0 saturated carbocycles. The molecule has 0 bridgehead atoms. The quantitative estimate of drug-likeness (QED) is 0.682. The fraction of sp³-hybridized carbons (Fsp3) is 0.357. The maximum atomic E-state index is 12.3. The van der Waals surface area contributed by atoms with Gasteiger partial charge in [0.1, 0.15) is 29.5 Å². The van der Waals surface area contributed by atoms with E-state index in [0.717, 1.165) is 35.9 Å². The lowest BCUT2D eigenvalue weighted by Crippen LogP contribution is -2.24. The molecule has 2 aromatic rings. The Bertz CT molecular complexity index is 832. The van der Waals surface area contributed by atoms with Crippen molar-refractivity contribution in [2.24, 2.45) is 0 Å². The molecule has 23 heavy (non-hydrogen) atoms. The first-order valence-corrected chi connectivity index (χ1v) is 7.87. The molecule has 0 aliphatic heterocycles. The fourth-order valence-electron chi connectivity index (χ4n) is 2.58. The third kappa shape index (κ3) is 2.68. The van der Waals surface area contributed by atoms with Gasteiger partial charge in [-0.25, -0.2) is 0 Å². The molecule has 0 spiro atoms. The minimum Gasteiger partial charge on any atom is -0.315 e. The average molecular weight is 331 g/mol. The van der Waals surface area contributed by atoms with Crippen molar-refractivity contribution in [1.82, 2.24) is 9.78 Å². The van der Waals surface area contributed by atoms with Crippen molar-refractivity contribution in [2.45, 2.75) is 32.2 Å². The van der Waals surface area contributed by atoms with E-state index < -0.39 is 11.0 Å². The highest BCUT2D eigenvalue weighted by Crippen LogP contribution is 2.38. The fourth-order valence-corrected chi connectivity index (χ4v) is 3.82. The van der Waals surface area contributed by atoms with Crippen molar-refractivity contribution >= 4 is 27.9 Å². The van der Waals surface area contributed by atoms with Crippen LogP contribution in [0, 0.1) is 21.4 Å². The van der Waals surface area contributed by atoms with Crippen molar-refractivity contribution in [3.63, 3.8) is 0 Å². The van der Waals surface area contributed by atoms with Crippen LogP contribution in [0.4, 0.5) is 10.7 Å². The summed E-state index contributed by atoms with van der Waals surface area (Å²) in [6.07, 6.45) is 5.16. The molecule has 0 fully saturated rings. The lowest BCUT2D eigenvalue weighted by atomic mass is 10.1. The molecule has 0 saturated heterocycles. The van der Waals surface area contributed by atoms with Gasteiger partial charge in [-0.15, -0.1) is 11.3 Å². The summed E-state index contributed by atoms with van der Waals surface area (Å²) in [7, 11) is 0. The van der Waals surface area contributed by atoms with Crippen LogP contribution in [-0.2, 0) is 17.6 Å². The summed E-state index contributed by atoms with van der Waals surface area (Å²) in [5, 5.41) is 27.1. The largest absolute Gasteiger partial charge is 0.315 e. The molecule has 2 aromatic heterocycles. The van der Waals surface area contributed by atoms with Gasteiger partial charge in [0.05, 0.1) is 10.5 Å². The van der Waals surface area contributed by atoms with E-state index in [1.165, 1.54) is 22.2 Å². The molecule has 0 radical (unpaired) electrons. The van der Waals surface area contributed by atoms with Crippen LogP contribution in [0.2, 0.25) is 0 Å². The summed E-state index contributed by atoms with van der Waals surface area (Å²) in [6.45, 7) is 1.60. The lowest BCUT2D eigenvalue weighted by molar-refractivity contribution is -0.385. The molecule has 3 rings (SSSR count). The SMILES string of the molecule is C[C@@H](C(=O)Nc1sc2c(c1C#N)CCC2)n1cc([N+](=O)[O-])cn1. The zero-order valence-electron chi connectivity index (χ0n) is 12.3. The summed E-state index contributed by atoms with van der Waals surface area (Å²) in [5.41, 5.74) is 1.40. The molecule has 0 unspecified atom stereocenters. The van der Waals surface area contributed by atoms with Crippen molar-refractivity contribution in [2.75, 3.05) is 5.32 Å². The summed E-state index contributed by atoms with van der Waals surface area (Å²) in [4.78, 5) is 23.6. The van der Waals surface area contributed by atoms with Gasteiger partial charge in [0.25, 0.3) is 0 Å². The Balaban J connectivity index is 1.79. The number of hydrogen-bond donors (Lipinski definition) is 1. The maximum absolute atomic E-state index is 12.3. The molecule has 1 aliphatic rings. The maximum Gasteiger partial charge on any atom is 0.307 e. The normalized spacial score (nSPS) is 14.1. The Kier molecular flexibility index (Phi) is 3.83. The number of amides is 1. The second-order valence-electron chi connectivity index (χ2n) is 5.27. The van der Waals surface area contributed by atoms with Crippen LogP contribution in [0.1, 0.15) is 35.4 Å². The van der Waals surface area contributed by atoms with Crippen LogP contribution in [0.15, 0.2) is 12.4 Å². The topological polar surface area (TPSA) is 114 Å². The van der Waals surface area contributed by atoms with Crippen molar-refractivity contribution in [3.8, 4) is 6.07 Å². The van der Waals surface area contributed by atoms with E-state index in [0.29, 0.717) is 10.6 Å². The number of fused-ring (bicyclic) bond motifs is 1. The summed E-state index contributed by atoms with van der Waals surface area (Å²) < 4.78 is 1.24. The molecular formula is C14H13N5O3S. The third-order valence-electron chi connectivity index (χ3n) is 3.84. The van der Waals surface area contributed by atoms with Gasteiger partial charge in [-0.05, 0) is 31.7 Å². The second-order valence-corrected chi connectivity index (χ2v) is 6.38. The molecular weight excluding hydrogens is 318 g/mol. The van der Waals surface area contributed by atoms with Crippen LogP contribution in [0.3, 0.4) is 0 Å². The molecule has 118 valence electrons. The van der Waals surface area contributed by atoms with Crippen LogP contribution in [-0.4, -0.2) is 20.6 Å². The van der Waals surface area contributed by atoms with E-state index in [-0.39, 0.29) is 11.6 Å². The monoisotopic (exact) mass is 331 g/mol. The molecule has 8 nitrogen and oxygen atoms in total. The highest BCUT2D eigenvalue weighted by molar-refractivity contribution is 7.16. The Morgan fingerprint density at radius 2 is 2.39 bits per heavy atom. The van der Waals surface area contributed by atoms with E-state index >= 15 is 0 Å². The zero-order valence-corrected chi connectivity index (χ0v) is 13.1. The number of rotatable bonds is 4. The summed E-state index contributed by atoms with van der Waals surface area (Å²) in [6, 6.07) is 1.45. The van der Waals surface area contributed by atoms with Gasteiger partial charge < -0.3 is 5.32 Å². The Morgan fingerprint density at radius 1 is 1.61 bits per heavy atom. The van der Waals surface area contributed by atoms with E-state index in [9.17, 15) is 20.2 Å². The Labute approximate surface area is 135 Å². The zero-order chi connectivity index (χ0) is 16.6. The molecule has 0 aromatic carbocycles. The second kappa shape index (κ2) is 5.81. The van der Waals surface area contributed by atoms with E-state index in [1.807, 2.05) is 0 Å². The van der Waals surface area contributed by atoms with E-state index in [1.54, 1.807) is 6.92 Å². The van der Waals surface area contributed by atoms with Gasteiger partial charge >= 0.3 is 5.69 Å². The summed E-state index contributed by atoms with van der Waals surface area (Å²) in [5.74, 6) is -0.362. The van der Waals surface area contributed by atoms with E-state index in [2.05, 4.69) is 16.5 Å².